The van der Waals surface area contributed by atoms with E-state index in [2.05, 4.69) is 18.9 Å². The number of carbonyl (C=O) groups excluding carboxylic acids is 1. The molecule has 0 radical (unpaired) electrons. The zero-order chi connectivity index (χ0) is 13.7. The molecular weight excluding hydrogens is 250 g/mol. The molecule has 0 spiro atoms. The predicted octanol–water partition coefficient (Wildman–Crippen LogP) is 2.41. The molecule has 1 aromatic rings. The van der Waals surface area contributed by atoms with Gasteiger partial charge in [-0.25, -0.2) is 9.48 Å². The number of esters is 1. The molecule has 0 aliphatic heterocycles. The summed E-state index contributed by atoms with van der Waals surface area (Å²) in [5, 5.41) is 4.99. The predicted molar refractivity (Wildman–Crippen MR) is 73.8 cm³/mol. The Morgan fingerprint density at radius 1 is 1.56 bits per heavy atom. The number of carbonyl (C=O) groups is 1. The number of ether oxygens (including phenoxy) is 1. The van der Waals surface area contributed by atoms with Crippen LogP contribution >= 0.6 is 11.8 Å². The van der Waals surface area contributed by atoms with Gasteiger partial charge in [0.05, 0.1) is 6.61 Å². The molecule has 0 fully saturated rings. The third-order valence-corrected chi connectivity index (χ3v) is 3.22. The first-order valence-corrected chi connectivity index (χ1v) is 7.31. The van der Waals surface area contributed by atoms with Crippen molar-refractivity contribution < 1.29 is 9.53 Å². The molecule has 0 saturated carbocycles. The van der Waals surface area contributed by atoms with Gasteiger partial charge in [-0.05, 0) is 25.5 Å². The van der Waals surface area contributed by atoms with Gasteiger partial charge in [-0.2, -0.15) is 5.10 Å². The van der Waals surface area contributed by atoms with Gasteiger partial charge < -0.3 is 10.5 Å². The molecule has 2 N–H and O–H groups in total. The summed E-state index contributed by atoms with van der Waals surface area (Å²) < 4.78 is 6.70. The van der Waals surface area contributed by atoms with Crippen LogP contribution in [0.4, 0.5) is 5.82 Å². The van der Waals surface area contributed by atoms with Gasteiger partial charge in [0.25, 0.3) is 0 Å². The van der Waals surface area contributed by atoms with Crippen molar-refractivity contribution in [2.75, 3.05) is 18.6 Å². The molecule has 0 bridgehead atoms. The molecule has 1 rings (SSSR count). The van der Waals surface area contributed by atoms with Gasteiger partial charge in [0.2, 0.25) is 0 Å². The number of aromatic nitrogens is 2. The molecular formula is C12H21N3O2S. The number of rotatable bonds is 6. The topological polar surface area (TPSA) is 70.1 Å². The fourth-order valence-electron chi connectivity index (χ4n) is 1.54. The Morgan fingerprint density at radius 3 is 2.72 bits per heavy atom. The van der Waals surface area contributed by atoms with Crippen LogP contribution in [0.15, 0.2) is 5.03 Å². The minimum Gasteiger partial charge on any atom is -0.462 e. The number of anilines is 1. The fourth-order valence-corrected chi connectivity index (χ4v) is 2.11. The van der Waals surface area contributed by atoms with Gasteiger partial charge in [-0.1, -0.05) is 13.8 Å². The van der Waals surface area contributed by atoms with Crippen molar-refractivity contribution in [2.45, 2.75) is 38.8 Å². The maximum absolute atomic E-state index is 11.8. The van der Waals surface area contributed by atoms with E-state index in [4.69, 9.17) is 10.5 Å². The van der Waals surface area contributed by atoms with E-state index in [1.165, 1.54) is 11.8 Å². The maximum Gasteiger partial charge on any atom is 0.344 e. The lowest BCUT2D eigenvalue weighted by Crippen LogP contribution is -2.11. The third kappa shape index (κ3) is 3.41. The Morgan fingerprint density at radius 2 is 2.22 bits per heavy atom. The summed E-state index contributed by atoms with van der Waals surface area (Å²) in [5.41, 5.74) is 6.38. The quantitative estimate of drug-likeness (QED) is 0.635. The van der Waals surface area contributed by atoms with Crippen LogP contribution in [0.25, 0.3) is 0 Å². The Balaban J connectivity index is 2.98. The van der Waals surface area contributed by atoms with Gasteiger partial charge in [0, 0.05) is 6.54 Å². The molecule has 5 nitrogen and oxygen atoms in total. The average molecular weight is 271 g/mol. The molecule has 0 aliphatic carbocycles. The van der Waals surface area contributed by atoms with Gasteiger partial charge >= 0.3 is 5.97 Å². The zero-order valence-electron chi connectivity index (χ0n) is 11.4. The normalized spacial score (nSPS) is 10.9. The van der Waals surface area contributed by atoms with Crippen molar-refractivity contribution in [1.82, 2.24) is 9.78 Å². The summed E-state index contributed by atoms with van der Waals surface area (Å²) in [6, 6.07) is 0. The molecule has 0 atom stereocenters. The van der Waals surface area contributed by atoms with Crippen molar-refractivity contribution in [2.24, 2.45) is 5.92 Å². The van der Waals surface area contributed by atoms with Gasteiger partial charge in [0.1, 0.15) is 16.4 Å². The van der Waals surface area contributed by atoms with E-state index in [-0.39, 0.29) is 0 Å². The number of thioether (sulfide) groups is 1. The summed E-state index contributed by atoms with van der Waals surface area (Å²) in [6.07, 6.45) is 2.85. The highest BCUT2D eigenvalue weighted by molar-refractivity contribution is 7.98. The van der Waals surface area contributed by atoms with Crippen molar-refractivity contribution >= 4 is 23.5 Å². The number of nitrogens with zero attached hydrogens (tertiary/aromatic N) is 2. The number of nitrogen functional groups attached to an aromatic ring is 1. The molecule has 1 aromatic heterocycles. The van der Waals surface area contributed by atoms with E-state index >= 15 is 0 Å². The molecule has 0 amide bonds. The first kappa shape index (κ1) is 14.9. The van der Waals surface area contributed by atoms with Crippen LogP contribution in [-0.2, 0) is 11.3 Å². The third-order valence-electron chi connectivity index (χ3n) is 2.55. The Hall–Kier alpha value is -1.17. The molecule has 1 heterocycles. The largest absolute Gasteiger partial charge is 0.462 e. The number of hydrogen-bond acceptors (Lipinski definition) is 5. The second kappa shape index (κ2) is 6.68. The van der Waals surface area contributed by atoms with Crippen LogP contribution < -0.4 is 5.73 Å². The SMILES string of the molecule is CCOC(=O)c1c(SC)nn(CCC(C)C)c1N. The second-order valence-electron chi connectivity index (χ2n) is 4.40. The maximum atomic E-state index is 11.8. The van der Waals surface area contributed by atoms with Crippen LogP contribution in [0.1, 0.15) is 37.6 Å². The van der Waals surface area contributed by atoms with Crippen molar-refractivity contribution in [3.8, 4) is 0 Å². The van der Waals surface area contributed by atoms with Crippen molar-refractivity contribution in [3.05, 3.63) is 5.56 Å². The van der Waals surface area contributed by atoms with Gasteiger partial charge in [-0.15, -0.1) is 11.8 Å². The highest BCUT2D eigenvalue weighted by Gasteiger charge is 2.22. The first-order chi connectivity index (χ1) is 8.51. The zero-order valence-corrected chi connectivity index (χ0v) is 12.2. The van der Waals surface area contributed by atoms with Crippen molar-refractivity contribution in [3.63, 3.8) is 0 Å². The smallest absolute Gasteiger partial charge is 0.344 e. The first-order valence-electron chi connectivity index (χ1n) is 6.08. The van der Waals surface area contributed by atoms with Crippen LogP contribution in [0.3, 0.4) is 0 Å². The van der Waals surface area contributed by atoms with Gasteiger partial charge in [0.15, 0.2) is 0 Å². The Labute approximate surface area is 112 Å². The van der Waals surface area contributed by atoms with E-state index in [0.29, 0.717) is 28.9 Å². The lowest BCUT2D eigenvalue weighted by atomic mass is 10.1. The monoisotopic (exact) mass is 271 g/mol. The molecule has 102 valence electrons. The van der Waals surface area contributed by atoms with E-state index in [1.54, 1.807) is 11.6 Å². The van der Waals surface area contributed by atoms with Crippen molar-refractivity contribution in [1.29, 1.82) is 0 Å². The number of nitrogens with two attached hydrogens (primary N) is 1. The summed E-state index contributed by atoms with van der Waals surface area (Å²) in [4.78, 5) is 11.8. The minimum absolute atomic E-state index is 0.337. The molecule has 0 saturated heterocycles. The van der Waals surface area contributed by atoms with E-state index in [9.17, 15) is 4.79 Å². The van der Waals surface area contributed by atoms with Gasteiger partial charge in [-0.3, -0.25) is 0 Å². The van der Waals surface area contributed by atoms with Crippen LogP contribution in [0.5, 0.6) is 0 Å². The van der Waals surface area contributed by atoms with Crippen LogP contribution in [0, 0.1) is 5.92 Å². The molecule has 0 aliphatic rings. The summed E-state index contributed by atoms with van der Waals surface area (Å²) >= 11 is 1.41. The minimum atomic E-state index is -0.393. The molecule has 6 heteroatoms. The number of aryl methyl sites for hydroxylation is 1. The highest BCUT2D eigenvalue weighted by atomic mass is 32.2. The lowest BCUT2D eigenvalue weighted by Gasteiger charge is -2.06. The summed E-state index contributed by atoms with van der Waals surface area (Å²) in [5.74, 6) is 0.575. The number of hydrogen-bond donors (Lipinski definition) is 1. The summed E-state index contributed by atoms with van der Waals surface area (Å²) in [7, 11) is 0. The Bertz CT molecular complexity index is 416. The van der Waals surface area contributed by atoms with E-state index < -0.39 is 5.97 Å². The Kier molecular flexibility index (Phi) is 5.53. The molecule has 0 aromatic carbocycles. The molecule has 18 heavy (non-hydrogen) atoms. The van der Waals surface area contributed by atoms with E-state index in [0.717, 1.165) is 13.0 Å². The fraction of sp³-hybridized carbons (Fsp3) is 0.667. The standard InChI is InChI=1S/C12H21N3O2S/c1-5-17-12(16)9-10(13)15(7-6-8(2)3)14-11(9)18-4/h8H,5-7,13H2,1-4H3. The average Bonchev–Trinajstić information content (AvgIpc) is 2.63. The lowest BCUT2D eigenvalue weighted by molar-refractivity contribution is 0.0523. The highest BCUT2D eigenvalue weighted by Crippen LogP contribution is 2.26. The second-order valence-corrected chi connectivity index (χ2v) is 5.19. The molecule has 0 unspecified atom stereocenters. The van der Waals surface area contributed by atoms with Crippen LogP contribution in [-0.4, -0.2) is 28.6 Å². The van der Waals surface area contributed by atoms with E-state index in [1.807, 2.05) is 6.26 Å². The van der Waals surface area contributed by atoms with Crippen LogP contribution in [0.2, 0.25) is 0 Å². The summed E-state index contributed by atoms with van der Waals surface area (Å²) in [6.45, 7) is 7.11.